The van der Waals surface area contributed by atoms with Crippen LogP contribution in [0.1, 0.15) is 4.88 Å². The van der Waals surface area contributed by atoms with Crippen LogP contribution in [-0.4, -0.2) is 20.9 Å². The molecule has 2 aromatic carbocycles. The van der Waals surface area contributed by atoms with E-state index in [1.54, 1.807) is 11.3 Å². The van der Waals surface area contributed by atoms with Crippen LogP contribution in [-0.2, 0) is 0 Å². The number of nitrogens with zero attached hydrogens (tertiary/aromatic N) is 3. The second-order valence-corrected chi connectivity index (χ2v) is 9.91. The summed E-state index contributed by atoms with van der Waals surface area (Å²) in [5, 5.41) is 6.19. The third-order valence-corrected chi connectivity index (χ3v) is 6.81. The number of nitrogens with two attached hydrogens (primary N) is 4. The summed E-state index contributed by atoms with van der Waals surface area (Å²) in [5.74, 6) is 0.521. The number of fused-ring (bicyclic) bond motifs is 2. The van der Waals surface area contributed by atoms with Gasteiger partial charge in [-0.25, -0.2) is 15.0 Å². The average molecular weight is 580 g/mol. The highest BCUT2D eigenvalue weighted by Crippen LogP contribution is 2.28. The van der Waals surface area contributed by atoms with Gasteiger partial charge >= 0.3 is 0 Å². The summed E-state index contributed by atoms with van der Waals surface area (Å²) in [6.45, 7) is 0. The van der Waals surface area contributed by atoms with E-state index in [1.807, 2.05) is 53.9 Å². The molecule has 0 saturated carbocycles. The van der Waals surface area contributed by atoms with E-state index < -0.39 is 0 Å². The Morgan fingerprint density at radius 1 is 0.909 bits per heavy atom. The number of thiazole rings is 2. The van der Waals surface area contributed by atoms with Gasteiger partial charge in [0.05, 0.1) is 31.0 Å². The summed E-state index contributed by atoms with van der Waals surface area (Å²) < 4.78 is 2.11. The van der Waals surface area contributed by atoms with Gasteiger partial charge in [-0.2, -0.15) is 0 Å². The quantitative estimate of drug-likeness (QED) is 0.113. The maximum absolute atomic E-state index is 5.94. The molecule has 0 aliphatic carbocycles. The first-order chi connectivity index (χ1) is 15.4. The number of thiocarbonyl (C=S) groups is 1. The molecule has 0 bridgehead atoms. The summed E-state index contributed by atoms with van der Waals surface area (Å²) in [5.41, 5.74) is 25.9. The van der Waals surface area contributed by atoms with E-state index in [0.717, 1.165) is 36.7 Å². The van der Waals surface area contributed by atoms with Gasteiger partial charge in [0.2, 0.25) is 0 Å². The smallest absolute Gasteiger partial charge is 0.181 e. The molecule has 170 valence electrons. The van der Waals surface area contributed by atoms with Crippen molar-refractivity contribution in [1.29, 1.82) is 0 Å². The molecule has 0 atom stereocenters. The fourth-order valence-corrected chi connectivity index (χ4v) is 4.96. The fraction of sp³-hybridized carbons (Fsp3) is 0. The van der Waals surface area contributed by atoms with Gasteiger partial charge in [-0.1, -0.05) is 28.7 Å². The number of nitrogens with one attached hydrogen (secondary N) is 1. The summed E-state index contributed by atoms with van der Waals surface area (Å²) in [6.07, 6.45) is 0. The molecule has 3 aromatic heterocycles. The normalized spacial score (nSPS) is 11.0. The molecule has 0 aliphatic rings. The second kappa shape index (κ2) is 10.9. The van der Waals surface area contributed by atoms with Crippen LogP contribution in [0.25, 0.3) is 20.4 Å². The highest BCUT2D eigenvalue weighted by Gasteiger charge is 2.04. The highest BCUT2D eigenvalue weighted by atomic mass is 79.9. The van der Waals surface area contributed by atoms with Gasteiger partial charge < -0.3 is 28.3 Å². The number of nitrogen functional groups attached to an aromatic ring is 2. The minimum Gasteiger partial charge on any atom is -0.383 e. The molecule has 5 rings (SSSR count). The molecule has 13 heteroatoms. The molecule has 3 heterocycles. The predicted octanol–water partition coefficient (Wildman–Crippen LogP) is 5.09. The van der Waals surface area contributed by atoms with Crippen molar-refractivity contribution in [3.05, 3.63) is 58.8 Å². The van der Waals surface area contributed by atoms with Crippen LogP contribution in [0.5, 0.6) is 0 Å². The molecule has 0 radical (unpaired) electrons. The van der Waals surface area contributed by atoms with E-state index in [1.165, 1.54) is 22.7 Å². The number of rotatable bonds is 3. The van der Waals surface area contributed by atoms with E-state index >= 15 is 0 Å². The zero-order valence-corrected chi connectivity index (χ0v) is 21.9. The maximum atomic E-state index is 5.94. The molecule has 0 saturated heterocycles. The number of hydrogen-bond donors (Lipinski definition) is 5. The third kappa shape index (κ3) is 6.36. The van der Waals surface area contributed by atoms with Gasteiger partial charge in [-0.05, 0) is 60.1 Å². The zero-order valence-electron chi connectivity index (χ0n) is 16.9. The lowest BCUT2D eigenvalue weighted by molar-refractivity contribution is 1.46. The van der Waals surface area contributed by atoms with Crippen molar-refractivity contribution in [2.75, 3.05) is 16.8 Å². The first kappa shape index (κ1) is 24.8. The van der Waals surface area contributed by atoms with Crippen molar-refractivity contribution in [3.63, 3.8) is 0 Å². The fourth-order valence-electron chi connectivity index (χ4n) is 2.79. The lowest BCUT2D eigenvalue weighted by Gasteiger charge is -2.01. The summed E-state index contributed by atoms with van der Waals surface area (Å²) in [6, 6.07) is 15.4. The van der Waals surface area contributed by atoms with Crippen LogP contribution in [0.2, 0.25) is 0 Å². The maximum Gasteiger partial charge on any atom is 0.181 e. The Balaban J connectivity index is 0.000000186. The van der Waals surface area contributed by atoms with Crippen molar-refractivity contribution in [2.45, 2.75) is 0 Å². The molecule has 8 nitrogen and oxygen atoms in total. The molecule has 33 heavy (non-hydrogen) atoms. The van der Waals surface area contributed by atoms with Crippen molar-refractivity contribution < 1.29 is 0 Å². The number of anilines is 3. The lowest BCUT2D eigenvalue weighted by Crippen LogP contribution is -2.18. The van der Waals surface area contributed by atoms with E-state index in [-0.39, 0.29) is 22.1 Å². The molecular weight excluding hydrogens is 560 g/mol. The number of hydrogen-bond acceptors (Lipinski definition) is 9. The Morgan fingerprint density at radius 2 is 1.55 bits per heavy atom. The molecule has 0 spiro atoms. The molecule has 9 N–H and O–H groups in total. The van der Waals surface area contributed by atoms with Crippen LogP contribution in [0.4, 0.5) is 21.6 Å². The molecule has 0 amide bonds. The highest BCUT2D eigenvalue weighted by molar-refractivity contribution is 8.93. The number of amidine groups is 1. The third-order valence-electron chi connectivity index (χ3n) is 4.08. The monoisotopic (exact) mass is 578 g/mol. The minimum atomic E-state index is 0. The summed E-state index contributed by atoms with van der Waals surface area (Å²) in [7, 11) is 0. The van der Waals surface area contributed by atoms with Gasteiger partial charge in [0, 0.05) is 5.69 Å². The topological polar surface area (TPSA) is 154 Å². The number of aliphatic imine (C=N–C) groups is 1. The Morgan fingerprint density at radius 3 is 2.15 bits per heavy atom. The summed E-state index contributed by atoms with van der Waals surface area (Å²) in [4.78, 5) is 13.7. The average Bonchev–Trinajstić information content (AvgIpc) is 3.45. The van der Waals surface area contributed by atoms with Crippen LogP contribution in [0, 0.1) is 0 Å². The minimum absolute atomic E-state index is 0. The van der Waals surface area contributed by atoms with Crippen LogP contribution in [0.15, 0.2) is 58.9 Å². The second-order valence-electron chi connectivity index (χ2n) is 6.40. The van der Waals surface area contributed by atoms with Gasteiger partial charge in [0.15, 0.2) is 15.4 Å². The first-order valence-electron chi connectivity index (χ1n) is 9.14. The van der Waals surface area contributed by atoms with Crippen molar-refractivity contribution in [2.24, 2.45) is 16.5 Å². The molecule has 5 aromatic rings. The van der Waals surface area contributed by atoms with Gasteiger partial charge in [-0.15, -0.1) is 28.3 Å². The number of halogens is 1. The van der Waals surface area contributed by atoms with Crippen LogP contribution < -0.4 is 28.3 Å². The molecule has 0 aliphatic heterocycles. The van der Waals surface area contributed by atoms with E-state index in [9.17, 15) is 0 Å². The van der Waals surface area contributed by atoms with E-state index in [0.29, 0.717) is 16.1 Å². The van der Waals surface area contributed by atoms with Crippen molar-refractivity contribution in [3.8, 4) is 0 Å². The molecular formula is C20H19BrN8S4. The Kier molecular flexibility index (Phi) is 8.15. The predicted molar refractivity (Wildman–Crippen MR) is 153 cm³/mol. The number of thiophene rings is 1. The van der Waals surface area contributed by atoms with E-state index in [4.69, 9.17) is 35.2 Å². The van der Waals surface area contributed by atoms with Gasteiger partial charge in [-0.3, -0.25) is 0 Å². The Bertz CT molecular complexity index is 1420. The molecule has 0 unspecified atom stereocenters. The number of aromatic nitrogens is 2. The summed E-state index contributed by atoms with van der Waals surface area (Å²) >= 11 is 9.22. The van der Waals surface area contributed by atoms with E-state index in [2.05, 4.69) is 20.3 Å². The van der Waals surface area contributed by atoms with Gasteiger partial charge in [0.1, 0.15) is 5.84 Å². The van der Waals surface area contributed by atoms with Crippen LogP contribution >= 0.6 is 63.2 Å². The standard InChI is InChI=1S/C12H10N4S2.C8H8N4S2.BrH/c13-11(10-2-1-5-17-10)15-7-3-4-9-8(6-7)16-12(14)18-9;9-7(13)11-4-1-2-6-5(3-4)12-8(10)14-6;/h1-6H,(H2,13,15)(H2,14,16);1-3H,(H2,10,12)(H3,9,11,13);1H. The number of benzene rings is 2. The van der Waals surface area contributed by atoms with Crippen LogP contribution in [0.3, 0.4) is 0 Å². The lowest BCUT2D eigenvalue weighted by atomic mass is 10.3. The SMILES string of the molecule is Br.NC(=Nc1ccc2sc(N)nc2c1)c1cccs1.NC(=S)Nc1ccc2sc(N)nc2c1. The Labute approximate surface area is 217 Å². The first-order valence-corrected chi connectivity index (χ1v) is 12.1. The Hall–Kier alpha value is -2.84. The van der Waals surface area contributed by atoms with Crippen molar-refractivity contribution in [1.82, 2.24) is 9.97 Å². The van der Waals surface area contributed by atoms with Gasteiger partial charge in [0.25, 0.3) is 0 Å². The largest absolute Gasteiger partial charge is 0.383 e. The molecule has 0 fully saturated rings. The zero-order chi connectivity index (χ0) is 22.7. The van der Waals surface area contributed by atoms with Crippen molar-refractivity contribution >= 4 is 116 Å².